The van der Waals surface area contributed by atoms with Gasteiger partial charge in [-0.1, -0.05) is 12.1 Å². The van der Waals surface area contributed by atoms with E-state index in [4.69, 9.17) is 10.00 Å². The lowest BCUT2D eigenvalue weighted by Gasteiger charge is -2.08. The normalized spacial score (nSPS) is 11.1. The smallest absolute Gasteiger partial charge is 0.417 e. The number of nitriles is 1. The number of carbonyl (C=O) groups is 1. The molecule has 0 bridgehead atoms. The van der Waals surface area contributed by atoms with Gasteiger partial charge in [0.25, 0.3) is 0 Å². The van der Waals surface area contributed by atoms with E-state index in [1.807, 2.05) is 6.07 Å². The molecule has 0 aliphatic heterocycles. The zero-order valence-electron chi connectivity index (χ0n) is 14.6. The molecule has 0 aliphatic rings. The highest BCUT2D eigenvalue weighted by Crippen LogP contribution is 2.28. The van der Waals surface area contributed by atoms with Crippen LogP contribution in [-0.4, -0.2) is 20.7 Å². The third kappa shape index (κ3) is 4.01. The molecule has 3 aromatic rings. The van der Waals surface area contributed by atoms with E-state index < -0.39 is 17.7 Å². The Labute approximate surface area is 157 Å². The van der Waals surface area contributed by atoms with Crippen LogP contribution in [0.2, 0.25) is 0 Å². The van der Waals surface area contributed by atoms with Crippen molar-refractivity contribution in [2.45, 2.75) is 19.7 Å². The third-order valence-electron chi connectivity index (χ3n) is 3.95. The lowest BCUT2D eigenvalue weighted by molar-refractivity contribution is -0.137. The van der Waals surface area contributed by atoms with Crippen LogP contribution in [0.3, 0.4) is 0 Å². The Morgan fingerprint density at radius 1 is 1.25 bits per heavy atom. The van der Waals surface area contributed by atoms with Crippen molar-refractivity contribution in [3.05, 3.63) is 76.7 Å². The minimum atomic E-state index is -4.48. The predicted molar refractivity (Wildman–Crippen MR) is 91.4 cm³/mol. The van der Waals surface area contributed by atoms with Crippen molar-refractivity contribution in [2.75, 3.05) is 0 Å². The minimum absolute atomic E-state index is 0.0303. The number of rotatable bonds is 4. The summed E-state index contributed by atoms with van der Waals surface area (Å²) in [5, 5.41) is 12.9. The molecule has 0 radical (unpaired) electrons. The fourth-order valence-corrected chi connectivity index (χ4v) is 2.48. The van der Waals surface area contributed by atoms with Crippen molar-refractivity contribution in [1.29, 1.82) is 5.26 Å². The van der Waals surface area contributed by atoms with E-state index in [1.165, 1.54) is 16.9 Å². The second-order valence-electron chi connectivity index (χ2n) is 5.85. The minimum Gasteiger partial charge on any atom is -0.457 e. The fraction of sp³-hybridized carbons (Fsp3) is 0.158. The number of nitrogens with zero attached hydrogens (tertiary/aromatic N) is 4. The Hall–Kier alpha value is -3.67. The zero-order valence-corrected chi connectivity index (χ0v) is 14.6. The monoisotopic (exact) mass is 386 g/mol. The maximum atomic E-state index is 12.6. The van der Waals surface area contributed by atoms with E-state index in [2.05, 4.69) is 10.1 Å². The second kappa shape index (κ2) is 7.52. The van der Waals surface area contributed by atoms with E-state index in [1.54, 1.807) is 31.2 Å². The number of pyridine rings is 1. The summed E-state index contributed by atoms with van der Waals surface area (Å²) in [6.07, 6.45) is -2.51. The number of hydrogen-bond acceptors (Lipinski definition) is 5. The maximum absolute atomic E-state index is 12.6. The number of benzene rings is 1. The van der Waals surface area contributed by atoms with Gasteiger partial charge in [-0.3, -0.25) is 0 Å². The number of carbonyl (C=O) groups excluding carboxylic acids is 1. The van der Waals surface area contributed by atoms with Crippen LogP contribution >= 0.6 is 0 Å². The Morgan fingerprint density at radius 3 is 2.68 bits per heavy atom. The van der Waals surface area contributed by atoms with Gasteiger partial charge in [0, 0.05) is 6.20 Å². The molecule has 0 saturated carbocycles. The van der Waals surface area contributed by atoms with Crippen molar-refractivity contribution < 1.29 is 22.7 Å². The molecule has 0 spiro atoms. The second-order valence-corrected chi connectivity index (χ2v) is 5.85. The van der Waals surface area contributed by atoms with Gasteiger partial charge in [0.05, 0.1) is 29.1 Å². The quantitative estimate of drug-likeness (QED) is 0.637. The largest absolute Gasteiger partial charge is 0.457 e. The van der Waals surface area contributed by atoms with Gasteiger partial charge in [0.1, 0.15) is 12.2 Å². The molecule has 0 N–H and O–H groups in total. The summed E-state index contributed by atoms with van der Waals surface area (Å²) >= 11 is 0. The third-order valence-corrected chi connectivity index (χ3v) is 3.95. The van der Waals surface area contributed by atoms with E-state index in [0.29, 0.717) is 23.0 Å². The van der Waals surface area contributed by atoms with E-state index in [-0.39, 0.29) is 18.0 Å². The predicted octanol–water partition coefficient (Wildman–Crippen LogP) is 3.82. The summed E-state index contributed by atoms with van der Waals surface area (Å²) in [6, 6.07) is 10.7. The molecule has 0 saturated heterocycles. The van der Waals surface area contributed by atoms with Gasteiger partial charge in [-0.2, -0.15) is 23.5 Å². The average Bonchev–Trinajstić information content (AvgIpc) is 3.07. The summed E-state index contributed by atoms with van der Waals surface area (Å²) in [5.41, 5.74) is 0.772. The van der Waals surface area contributed by atoms with E-state index in [9.17, 15) is 18.0 Å². The van der Waals surface area contributed by atoms with Gasteiger partial charge in [-0.15, -0.1) is 0 Å². The first-order chi connectivity index (χ1) is 13.3. The molecule has 1 aromatic carbocycles. The summed E-state index contributed by atoms with van der Waals surface area (Å²) in [4.78, 5) is 16.1. The van der Waals surface area contributed by atoms with Crippen LogP contribution in [-0.2, 0) is 17.5 Å². The highest BCUT2D eigenvalue weighted by Gasteiger charge is 2.30. The molecule has 0 aliphatic carbocycles. The molecule has 0 amide bonds. The molecule has 2 aromatic heterocycles. The highest BCUT2D eigenvalue weighted by atomic mass is 19.4. The lowest BCUT2D eigenvalue weighted by Crippen LogP contribution is -2.09. The zero-order chi connectivity index (χ0) is 20.3. The number of alkyl halides is 3. The fourth-order valence-electron chi connectivity index (χ4n) is 2.48. The van der Waals surface area contributed by atoms with Crippen LogP contribution in [0.15, 0.2) is 48.8 Å². The van der Waals surface area contributed by atoms with Crippen LogP contribution in [0.1, 0.15) is 32.7 Å². The SMILES string of the molecule is Cc1c(C(=O)OCc2cccc(C#N)c2)cnn1-c1ccc(C(F)(F)F)cn1. The summed E-state index contributed by atoms with van der Waals surface area (Å²) in [7, 11) is 0. The molecule has 9 heteroatoms. The first-order valence-corrected chi connectivity index (χ1v) is 8.04. The van der Waals surface area contributed by atoms with Gasteiger partial charge in [0.15, 0.2) is 5.82 Å². The van der Waals surface area contributed by atoms with Crippen molar-refractivity contribution in [3.63, 3.8) is 0 Å². The first-order valence-electron chi connectivity index (χ1n) is 8.04. The summed E-state index contributed by atoms with van der Waals surface area (Å²) in [5.74, 6) is -0.496. The molecular weight excluding hydrogens is 373 g/mol. The van der Waals surface area contributed by atoms with Gasteiger partial charge >= 0.3 is 12.1 Å². The van der Waals surface area contributed by atoms with Crippen LogP contribution in [0.4, 0.5) is 13.2 Å². The Morgan fingerprint density at radius 2 is 2.04 bits per heavy atom. The van der Waals surface area contributed by atoms with Crippen molar-refractivity contribution in [3.8, 4) is 11.9 Å². The van der Waals surface area contributed by atoms with Crippen LogP contribution in [0.25, 0.3) is 5.82 Å². The number of aromatic nitrogens is 3. The highest BCUT2D eigenvalue weighted by molar-refractivity contribution is 5.90. The Kier molecular flexibility index (Phi) is 5.13. The average molecular weight is 386 g/mol. The van der Waals surface area contributed by atoms with E-state index >= 15 is 0 Å². The number of hydrogen-bond donors (Lipinski definition) is 0. The molecule has 6 nitrogen and oxygen atoms in total. The standard InChI is InChI=1S/C19H13F3N4O2/c1-12-16(18(27)28-11-14-4-2-3-13(7-14)8-23)10-25-26(12)17-6-5-15(9-24-17)19(20,21)22/h2-7,9-10H,11H2,1H3. The molecule has 28 heavy (non-hydrogen) atoms. The van der Waals surface area contributed by atoms with Gasteiger partial charge in [-0.05, 0) is 36.8 Å². The van der Waals surface area contributed by atoms with Crippen LogP contribution in [0, 0.1) is 18.3 Å². The molecule has 0 unspecified atom stereocenters. The summed E-state index contributed by atoms with van der Waals surface area (Å²) in [6.45, 7) is 1.55. The Bertz CT molecular complexity index is 1050. The molecule has 0 atom stereocenters. The molecule has 0 fully saturated rings. The van der Waals surface area contributed by atoms with Gasteiger partial charge in [-0.25, -0.2) is 14.5 Å². The van der Waals surface area contributed by atoms with E-state index in [0.717, 1.165) is 6.07 Å². The Balaban J connectivity index is 1.75. The molecule has 142 valence electrons. The lowest BCUT2D eigenvalue weighted by atomic mass is 10.1. The van der Waals surface area contributed by atoms with Crippen molar-refractivity contribution >= 4 is 5.97 Å². The van der Waals surface area contributed by atoms with Crippen molar-refractivity contribution in [1.82, 2.24) is 14.8 Å². The van der Waals surface area contributed by atoms with Crippen LogP contribution in [0.5, 0.6) is 0 Å². The van der Waals surface area contributed by atoms with Crippen LogP contribution < -0.4 is 0 Å². The number of ether oxygens (including phenoxy) is 1. The topological polar surface area (TPSA) is 80.8 Å². The summed E-state index contributed by atoms with van der Waals surface area (Å²) < 4.78 is 44.4. The number of esters is 1. The number of halogens is 3. The van der Waals surface area contributed by atoms with Gasteiger partial charge < -0.3 is 4.74 Å². The maximum Gasteiger partial charge on any atom is 0.417 e. The molecular formula is C19H13F3N4O2. The first kappa shape index (κ1) is 19.1. The van der Waals surface area contributed by atoms with Crippen molar-refractivity contribution in [2.24, 2.45) is 0 Å². The molecule has 3 rings (SSSR count). The van der Waals surface area contributed by atoms with Gasteiger partial charge in [0.2, 0.25) is 0 Å². The molecule has 2 heterocycles.